The van der Waals surface area contributed by atoms with Crippen molar-refractivity contribution in [3.05, 3.63) is 147 Å². The first-order valence-corrected chi connectivity index (χ1v) is 28.3. The molecule has 88 heavy (non-hydrogen) atoms. The molecule has 0 atom stereocenters. The highest BCUT2D eigenvalue weighted by Gasteiger charge is 2.42. The van der Waals surface area contributed by atoms with Crippen molar-refractivity contribution < 1.29 is 52.7 Å². The Morgan fingerprint density at radius 1 is 0.318 bits per heavy atom. The van der Waals surface area contributed by atoms with Gasteiger partial charge in [-0.2, -0.15) is 52.7 Å². The van der Waals surface area contributed by atoms with Gasteiger partial charge in [0.1, 0.15) is 40.5 Å². The molecule has 8 aromatic heterocycles. The van der Waals surface area contributed by atoms with Crippen LogP contribution in [0.1, 0.15) is 202 Å². The largest absolute Gasteiger partial charge is 0.449 e. The maximum absolute atomic E-state index is 12.0. The summed E-state index contributed by atoms with van der Waals surface area (Å²) in [4.78, 5) is 26.5. The first kappa shape index (κ1) is 78.9. The van der Waals surface area contributed by atoms with Crippen LogP contribution < -0.4 is 0 Å². The predicted molar refractivity (Wildman–Crippen MR) is 321 cm³/mol. The molecule has 0 spiro atoms. The maximum atomic E-state index is 12.0. The van der Waals surface area contributed by atoms with Crippen LogP contribution in [-0.4, -0.2) is 71.4 Å². The molecule has 0 saturated heterocycles. The fraction of sp³-hybridized carbons (Fsp3) is 0.590. The van der Waals surface area contributed by atoms with Crippen molar-refractivity contribution in [2.24, 2.45) is 56.4 Å². The van der Waals surface area contributed by atoms with E-state index in [0.29, 0.717) is 48.2 Å². The van der Waals surface area contributed by atoms with Crippen LogP contribution >= 0.6 is 0 Å². The van der Waals surface area contributed by atoms with Gasteiger partial charge in [0.2, 0.25) is 11.6 Å². The number of nitrogens with zero attached hydrogens (tertiary/aromatic N) is 15. The molecule has 8 aromatic rings. The quantitative estimate of drug-likeness (QED) is 0.157. The number of aromatic nitrogens is 15. The van der Waals surface area contributed by atoms with E-state index in [4.69, 9.17) is 0 Å². The van der Waals surface area contributed by atoms with E-state index in [2.05, 4.69) is 175 Å². The van der Waals surface area contributed by atoms with Gasteiger partial charge in [-0.05, 0) is 91.7 Å². The third-order valence-corrected chi connectivity index (χ3v) is 14.6. The first-order chi connectivity index (χ1) is 39.9. The smallest absolute Gasteiger partial charge is 0.351 e. The van der Waals surface area contributed by atoms with Gasteiger partial charge in [-0.3, -0.25) is 0 Å². The Bertz CT molecular complexity index is 3200. The molecule has 8 rings (SSSR count). The molecule has 0 aliphatic carbocycles. The molecule has 0 radical (unpaired) electrons. The highest BCUT2D eigenvalue weighted by Crippen LogP contribution is 2.35. The molecule has 0 unspecified atom stereocenters. The second-order valence-corrected chi connectivity index (χ2v) is 22.8. The Balaban J connectivity index is 0.000000505. The summed E-state index contributed by atoms with van der Waals surface area (Å²) in [5.41, 5.74) is 8.86. The highest BCUT2D eigenvalue weighted by atomic mass is 19.4. The number of alkyl halides is 12. The summed E-state index contributed by atoms with van der Waals surface area (Å²) in [5, 5.41) is 0. The third-order valence-electron chi connectivity index (χ3n) is 14.6. The summed E-state index contributed by atoms with van der Waals surface area (Å²) in [5.74, 6) is 5.31. The molecule has 0 fully saturated rings. The van der Waals surface area contributed by atoms with Crippen molar-refractivity contribution in [3.63, 3.8) is 0 Å². The van der Waals surface area contributed by atoms with Crippen molar-refractivity contribution in [2.75, 3.05) is 0 Å². The second-order valence-electron chi connectivity index (χ2n) is 22.8. The first-order valence-electron chi connectivity index (χ1n) is 28.3. The lowest BCUT2D eigenvalue weighted by Crippen LogP contribution is -2.17. The number of hydrogen-bond donors (Lipinski definition) is 0. The number of aryl methyl sites for hydroxylation is 7. The Kier molecular flexibility index (Phi) is 29.1. The van der Waals surface area contributed by atoms with Crippen LogP contribution in [0.3, 0.4) is 0 Å². The maximum Gasteiger partial charge on any atom is 0.449 e. The van der Waals surface area contributed by atoms with Gasteiger partial charge >= 0.3 is 24.7 Å². The van der Waals surface area contributed by atoms with E-state index in [-0.39, 0.29) is 10.8 Å². The predicted octanol–water partition coefficient (Wildman–Crippen LogP) is 16.4. The summed E-state index contributed by atoms with van der Waals surface area (Å²) in [6, 6.07) is 2.35. The lowest BCUT2D eigenvalue weighted by Gasteiger charge is -2.10. The molecule has 15 nitrogen and oxygen atoms in total. The van der Waals surface area contributed by atoms with Crippen LogP contribution in [0.5, 0.6) is 0 Å². The molecule has 8 heterocycles. The molecule has 0 aromatic carbocycles. The van der Waals surface area contributed by atoms with E-state index < -0.39 is 47.7 Å². The van der Waals surface area contributed by atoms with Crippen LogP contribution in [0, 0.1) is 62.3 Å². The van der Waals surface area contributed by atoms with Crippen LogP contribution in [0.4, 0.5) is 52.7 Å². The normalized spacial score (nSPS) is 11.6. The van der Waals surface area contributed by atoms with E-state index in [1.54, 1.807) is 6.92 Å². The van der Waals surface area contributed by atoms with Gasteiger partial charge < -0.3 is 36.5 Å². The molecular weight excluding hydrogens is 1170 g/mol. The van der Waals surface area contributed by atoms with E-state index in [0.717, 1.165) is 38.5 Å². The molecule has 0 N–H and O–H groups in total. The van der Waals surface area contributed by atoms with Crippen molar-refractivity contribution >= 4 is 0 Å². The van der Waals surface area contributed by atoms with E-state index in [1.807, 2.05) is 60.4 Å². The summed E-state index contributed by atoms with van der Waals surface area (Å²) < 4.78 is 157. The van der Waals surface area contributed by atoms with Crippen LogP contribution in [0.15, 0.2) is 43.2 Å². The minimum atomic E-state index is -4.88. The van der Waals surface area contributed by atoms with Gasteiger partial charge in [0.05, 0.1) is 18.1 Å². The summed E-state index contributed by atoms with van der Waals surface area (Å²) in [7, 11) is 13.7. The van der Waals surface area contributed by atoms with E-state index in [9.17, 15) is 52.7 Å². The SMILES string of the molecule is CC(C)c1cnc(C(C)C)n1C.Cc1c(C(C)C)cc(C(C)C)n1C.Cc1cnc(C(C)C)n1C.Cc1cnc(C(F)(F)F)n1C.Cc1cnc(C)n1C.Cc1nc(C)n(C)c1C.Cc1ncc(C(F)(F)F)n1C.Cn1c(C(F)(F)F)cnc1C(F)(F)F. The van der Waals surface area contributed by atoms with E-state index in [1.165, 1.54) is 72.8 Å². The van der Waals surface area contributed by atoms with Crippen molar-refractivity contribution in [1.82, 2.24) is 71.4 Å². The highest BCUT2D eigenvalue weighted by molar-refractivity contribution is 5.31. The van der Waals surface area contributed by atoms with Gasteiger partial charge in [0.25, 0.3) is 0 Å². The lowest BCUT2D eigenvalue weighted by molar-refractivity contribution is -0.153. The van der Waals surface area contributed by atoms with Crippen LogP contribution in [0.25, 0.3) is 0 Å². The Morgan fingerprint density at radius 3 is 0.886 bits per heavy atom. The zero-order chi connectivity index (χ0) is 68.8. The topological polar surface area (TPSA) is 130 Å². The summed E-state index contributed by atoms with van der Waals surface area (Å²) >= 11 is 0. The molecular formula is C61H93F12N15. The van der Waals surface area contributed by atoms with Crippen molar-refractivity contribution in [3.8, 4) is 0 Å². The Hall–Kier alpha value is -7.09. The molecule has 27 heteroatoms. The summed E-state index contributed by atoms with van der Waals surface area (Å²) in [6.07, 6.45) is -10.4. The number of rotatable bonds is 5. The van der Waals surface area contributed by atoms with Gasteiger partial charge in [0, 0.05) is 133 Å². The van der Waals surface area contributed by atoms with E-state index >= 15 is 0 Å². The minimum absolute atomic E-state index is 0.0278. The molecule has 0 aliphatic rings. The fourth-order valence-electron chi connectivity index (χ4n) is 8.41. The lowest BCUT2D eigenvalue weighted by atomic mass is 10.0. The molecule has 496 valence electrons. The van der Waals surface area contributed by atoms with Gasteiger partial charge in [-0.15, -0.1) is 0 Å². The molecule has 0 amide bonds. The van der Waals surface area contributed by atoms with Crippen LogP contribution in [0.2, 0.25) is 0 Å². The average Bonchev–Trinajstić information content (AvgIpc) is 3.35. The van der Waals surface area contributed by atoms with Crippen LogP contribution in [-0.2, 0) is 81.1 Å². The van der Waals surface area contributed by atoms with Gasteiger partial charge in [-0.1, -0.05) is 69.2 Å². The molecule has 0 aliphatic heterocycles. The number of halogens is 12. The Morgan fingerprint density at radius 2 is 0.693 bits per heavy atom. The standard InChI is InChI=1S/C12H21N.C10H18N2.C8H14N2.C7H12N2.C6H4F6N2.2C6H7F3N2.C6H10N2/c1-8(2)11-7-12(9(3)4)13(6)10(11)5;1-7(2)9-6-11-10(8(3)4)12(9)5;1-6(2)8-9-5-7(3)10(8)4;1-5-6(2)9(4)7(3)8-5;1-14-3(5(7,8)9)2-13-4(14)6(10,11)12;1-4-10-3-5(11(4)2)6(7,8)9;1-4-3-10-5(11(4)2)6(7,8)9;1-5-4-7-6(2)8(5)3/h7-9H,1-6H3;6-8H,1-5H3;5-6H,1-4H3;1-4H3;2H,1H3;2*3H,1-2H3;4H,1-3H3. The Labute approximate surface area is 511 Å². The molecule has 0 saturated carbocycles. The fourth-order valence-corrected chi connectivity index (χ4v) is 8.41. The number of imidazole rings is 7. The zero-order valence-electron chi connectivity index (χ0n) is 56.2. The monoisotopic (exact) mass is 1260 g/mol. The zero-order valence-corrected chi connectivity index (χ0v) is 56.2. The second kappa shape index (κ2) is 32.4. The summed E-state index contributed by atoms with van der Waals surface area (Å²) in [6.45, 7) is 39.6. The minimum Gasteiger partial charge on any atom is -0.351 e. The third kappa shape index (κ3) is 22.2. The molecule has 0 bridgehead atoms. The van der Waals surface area contributed by atoms with Gasteiger partial charge in [0.15, 0.2) is 0 Å². The van der Waals surface area contributed by atoms with Gasteiger partial charge in [-0.25, -0.2) is 34.9 Å². The average molecular weight is 1260 g/mol. The van der Waals surface area contributed by atoms with Crippen molar-refractivity contribution in [1.29, 1.82) is 0 Å². The number of hydrogen-bond acceptors (Lipinski definition) is 7. The van der Waals surface area contributed by atoms with Crippen molar-refractivity contribution in [2.45, 2.75) is 186 Å².